The van der Waals surface area contributed by atoms with E-state index in [0.29, 0.717) is 5.13 Å². The van der Waals surface area contributed by atoms with Gasteiger partial charge in [-0.05, 0) is 30.3 Å². The van der Waals surface area contributed by atoms with Crippen molar-refractivity contribution in [1.82, 2.24) is 4.98 Å². The fraction of sp³-hybridized carbons (Fsp3) is 0. The first-order valence-electron chi connectivity index (χ1n) is 8.03. The molecule has 0 aliphatic heterocycles. The van der Waals surface area contributed by atoms with E-state index in [1.54, 1.807) is 0 Å². The molecule has 0 atom stereocenters. The van der Waals surface area contributed by atoms with Gasteiger partial charge in [-0.2, -0.15) is 0 Å². The van der Waals surface area contributed by atoms with E-state index in [4.69, 9.17) is 0 Å². The van der Waals surface area contributed by atoms with Crippen LogP contribution in [0.25, 0.3) is 9.53 Å². The van der Waals surface area contributed by atoms with E-state index in [2.05, 4.69) is 25.4 Å². The molecule has 0 amide bonds. The second-order valence-corrected chi connectivity index (χ2v) is 7.84. The topological polar surface area (TPSA) is 62.3 Å². The molecule has 0 radical (unpaired) electrons. The zero-order valence-electron chi connectivity index (χ0n) is 14.2. The molecule has 2 heterocycles. The van der Waals surface area contributed by atoms with Crippen LogP contribution in [-0.2, 0) is 0 Å². The predicted octanol–water partition coefficient (Wildman–Crippen LogP) is 3.71. The van der Waals surface area contributed by atoms with Crippen LogP contribution in [0, 0.1) is 0 Å². The van der Waals surface area contributed by atoms with Gasteiger partial charge in [0, 0.05) is 0 Å². The van der Waals surface area contributed by atoms with E-state index < -0.39 is 0 Å². The van der Waals surface area contributed by atoms with E-state index in [-0.39, 0.29) is 0 Å². The van der Waals surface area contributed by atoms with Gasteiger partial charge in [-0.25, -0.2) is 4.98 Å². The molecule has 124 valence electrons. The van der Waals surface area contributed by atoms with Gasteiger partial charge >= 0.3 is 0 Å². The van der Waals surface area contributed by atoms with E-state index in [1.165, 1.54) is 33.6 Å². The molecular weight excluding hydrogens is 360 g/mol. The van der Waals surface area contributed by atoms with Crippen molar-refractivity contribution in [2.45, 2.75) is 0 Å². The zero-order valence-corrected chi connectivity index (χ0v) is 15.9. The molecule has 0 fully saturated rings. The molecule has 0 saturated carbocycles. The molecule has 0 aliphatic carbocycles. The summed E-state index contributed by atoms with van der Waals surface area (Å²) in [4.78, 5) is 5.42. The molecule has 5 nitrogen and oxygen atoms in total. The van der Waals surface area contributed by atoms with Crippen molar-refractivity contribution in [2.75, 3.05) is 0 Å². The third-order valence-corrected chi connectivity index (χ3v) is 5.58. The summed E-state index contributed by atoms with van der Waals surface area (Å²) < 4.78 is 1.05. The lowest BCUT2D eigenvalue weighted by atomic mass is 9.96. The summed E-state index contributed by atoms with van der Waals surface area (Å²) >= 11 is 3.00. The number of hydrogen-bond acceptors (Lipinski definition) is 7. The number of thiophene rings is 1. The van der Waals surface area contributed by atoms with Crippen LogP contribution in [0.1, 0.15) is 0 Å². The number of azo groups is 2. The number of thiazole rings is 1. The van der Waals surface area contributed by atoms with Gasteiger partial charge in [0.05, 0.1) is 16.1 Å². The van der Waals surface area contributed by atoms with E-state index >= 15 is 0 Å². The third-order valence-electron chi connectivity index (χ3n) is 3.65. The summed E-state index contributed by atoms with van der Waals surface area (Å²) in [6.45, 7) is 0. The maximum absolute atomic E-state index is 4.51. The minimum absolute atomic E-state index is 0.647. The van der Waals surface area contributed by atoms with Crippen molar-refractivity contribution in [3.8, 4) is 0 Å². The van der Waals surface area contributed by atoms with Gasteiger partial charge < -0.3 is 0 Å². The molecule has 0 N–H and O–H groups in total. The highest BCUT2D eigenvalue weighted by Crippen LogP contribution is 2.39. The minimum atomic E-state index is 0.647. The Labute approximate surface area is 160 Å². The number of aromatic nitrogens is 1. The minimum Gasteiger partial charge on any atom is -0.206 e. The fourth-order valence-corrected chi connectivity index (χ4v) is 4.08. The molecular formula is C17H13B2N5S2. The number of benzene rings is 2. The van der Waals surface area contributed by atoms with Crippen molar-refractivity contribution in [3.63, 3.8) is 0 Å². The lowest BCUT2D eigenvalue weighted by molar-refractivity contribution is 1.21. The first-order valence-corrected chi connectivity index (χ1v) is 9.66. The standard InChI is InChI=1S/C17H13B2N5S2/c18-10-1-5-12(6-2-10)21-23-15-9-14-16(26-15)20-17(25-14)24-22-13-7-3-11(19)4-8-13/h1-9H,18-19H2. The first kappa shape index (κ1) is 16.8. The second-order valence-electron chi connectivity index (χ2n) is 5.82. The van der Waals surface area contributed by atoms with Gasteiger partial charge in [0.1, 0.15) is 25.5 Å². The quantitative estimate of drug-likeness (QED) is 0.398. The normalized spacial score (nSPS) is 11.8. The molecule has 4 rings (SSSR count). The predicted molar refractivity (Wildman–Crippen MR) is 115 cm³/mol. The molecule has 26 heavy (non-hydrogen) atoms. The Morgan fingerprint density at radius 1 is 0.692 bits per heavy atom. The molecule has 2 aromatic heterocycles. The van der Waals surface area contributed by atoms with E-state index in [0.717, 1.165) is 25.9 Å². The van der Waals surface area contributed by atoms with E-state index in [9.17, 15) is 0 Å². The number of rotatable bonds is 4. The Hall–Kier alpha value is -2.64. The number of nitrogens with zero attached hydrogens (tertiary/aromatic N) is 5. The van der Waals surface area contributed by atoms with Crippen molar-refractivity contribution >= 4 is 80.3 Å². The smallest absolute Gasteiger partial charge is 0.206 e. The fourth-order valence-electron chi connectivity index (χ4n) is 2.23. The highest BCUT2D eigenvalue weighted by atomic mass is 32.1. The Morgan fingerprint density at radius 3 is 1.85 bits per heavy atom. The van der Waals surface area contributed by atoms with Gasteiger partial charge in [-0.1, -0.05) is 57.9 Å². The summed E-state index contributed by atoms with van der Waals surface area (Å²) in [6.07, 6.45) is 0. The van der Waals surface area contributed by atoms with Crippen molar-refractivity contribution in [3.05, 3.63) is 54.6 Å². The molecule has 4 aromatic rings. The SMILES string of the molecule is Bc1ccc(N=Nc2cc3sc(N=Nc4ccc(B)cc4)nc3s2)cc1. The Bertz CT molecular complexity index is 982. The molecule has 0 unspecified atom stereocenters. The van der Waals surface area contributed by atoms with E-state index in [1.807, 2.05) is 70.3 Å². The molecule has 0 aliphatic rings. The monoisotopic (exact) mass is 373 g/mol. The van der Waals surface area contributed by atoms with Gasteiger partial charge in [0.15, 0.2) is 0 Å². The maximum atomic E-state index is 4.51. The largest absolute Gasteiger partial charge is 0.231 e. The summed E-state index contributed by atoms with van der Waals surface area (Å²) in [6, 6.07) is 17.9. The summed E-state index contributed by atoms with van der Waals surface area (Å²) in [5.41, 5.74) is 4.07. The van der Waals surface area contributed by atoms with Gasteiger partial charge in [-0.15, -0.1) is 20.5 Å². The van der Waals surface area contributed by atoms with Crippen LogP contribution in [0.15, 0.2) is 75.1 Å². The average Bonchev–Trinajstić information content (AvgIpc) is 3.19. The van der Waals surface area contributed by atoms with Crippen LogP contribution in [0.2, 0.25) is 0 Å². The average molecular weight is 373 g/mol. The third kappa shape index (κ3) is 3.95. The lowest BCUT2D eigenvalue weighted by Gasteiger charge is -1.92. The van der Waals surface area contributed by atoms with Crippen LogP contribution >= 0.6 is 22.7 Å². The Kier molecular flexibility index (Phi) is 4.73. The molecule has 9 heteroatoms. The van der Waals surface area contributed by atoms with Crippen LogP contribution in [0.5, 0.6) is 0 Å². The van der Waals surface area contributed by atoms with Crippen molar-refractivity contribution < 1.29 is 0 Å². The number of hydrogen-bond donors (Lipinski definition) is 0. The summed E-state index contributed by atoms with van der Waals surface area (Å²) in [5, 5.41) is 18.5. The lowest BCUT2D eigenvalue weighted by Crippen LogP contribution is -1.97. The first-order chi connectivity index (χ1) is 12.7. The maximum Gasteiger partial charge on any atom is 0.231 e. The summed E-state index contributed by atoms with van der Waals surface area (Å²) in [7, 11) is 4.09. The van der Waals surface area contributed by atoms with Crippen LogP contribution in [0.4, 0.5) is 21.5 Å². The zero-order chi connectivity index (χ0) is 17.9. The van der Waals surface area contributed by atoms with Gasteiger partial charge in [0.2, 0.25) is 5.13 Å². The number of fused-ring (bicyclic) bond motifs is 1. The Morgan fingerprint density at radius 2 is 1.27 bits per heavy atom. The van der Waals surface area contributed by atoms with Crippen LogP contribution in [-0.4, -0.2) is 20.7 Å². The molecule has 0 bridgehead atoms. The molecule has 2 aromatic carbocycles. The molecule has 0 saturated heterocycles. The Balaban J connectivity index is 1.50. The summed E-state index contributed by atoms with van der Waals surface area (Å²) in [5.74, 6) is 0. The van der Waals surface area contributed by atoms with Gasteiger partial charge in [-0.3, -0.25) is 0 Å². The van der Waals surface area contributed by atoms with Crippen LogP contribution in [0.3, 0.4) is 0 Å². The molecule has 0 spiro atoms. The van der Waals surface area contributed by atoms with Crippen molar-refractivity contribution in [2.24, 2.45) is 20.5 Å². The second kappa shape index (κ2) is 7.31. The van der Waals surface area contributed by atoms with Gasteiger partial charge in [0.25, 0.3) is 0 Å². The highest BCUT2D eigenvalue weighted by molar-refractivity contribution is 7.30. The van der Waals surface area contributed by atoms with Crippen LogP contribution < -0.4 is 10.9 Å². The van der Waals surface area contributed by atoms with Crippen molar-refractivity contribution in [1.29, 1.82) is 0 Å². The highest BCUT2D eigenvalue weighted by Gasteiger charge is 2.08.